The Hall–Kier alpha value is -1.20. The smallest absolute Gasteiger partial charge is 0.244 e. The van der Waals surface area contributed by atoms with Gasteiger partial charge < -0.3 is 14.4 Å². The number of carbonyl (C=O) groups is 1. The van der Waals surface area contributed by atoms with Crippen LogP contribution in [0.1, 0.15) is 19.3 Å². The molecule has 0 radical (unpaired) electrons. The number of benzene rings is 1. The summed E-state index contributed by atoms with van der Waals surface area (Å²) >= 11 is 1.52. The summed E-state index contributed by atoms with van der Waals surface area (Å²) < 4.78 is 52.9. The van der Waals surface area contributed by atoms with Crippen molar-refractivity contribution in [3.8, 4) is 0 Å². The van der Waals surface area contributed by atoms with Crippen molar-refractivity contribution in [2.75, 3.05) is 38.3 Å². The van der Waals surface area contributed by atoms with Gasteiger partial charge in [-0.3, -0.25) is 4.79 Å². The molecule has 2 heterocycles. The molecule has 3 rings (SSSR count). The number of halogens is 1. The van der Waals surface area contributed by atoms with Gasteiger partial charge in [-0.05, 0) is 43.4 Å². The van der Waals surface area contributed by atoms with Gasteiger partial charge in [0.15, 0.2) is 6.29 Å². The van der Waals surface area contributed by atoms with Crippen LogP contribution in [0.15, 0.2) is 29.2 Å². The fourth-order valence-corrected chi connectivity index (χ4v) is 5.42. The third-order valence-corrected chi connectivity index (χ3v) is 7.36. The Morgan fingerprint density at radius 2 is 1.93 bits per heavy atom. The Balaban J connectivity index is 1.66. The average molecular weight is 447 g/mol. The van der Waals surface area contributed by atoms with Gasteiger partial charge in [-0.15, -0.1) is 0 Å². The summed E-state index contributed by atoms with van der Waals surface area (Å²) in [4.78, 5) is 14.3. The fourth-order valence-electron chi connectivity index (χ4n) is 3.64. The third-order valence-electron chi connectivity index (χ3n) is 5.22. The lowest BCUT2D eigenvalue weighted by molar-refractivity contribution is -0.138. The summed E-state index contributed by atoms with van der Waals surface area (Å²) in [6.07, 6.45) is 3.50. The second kappa shape index (κ2) is 10.2. The molecule has 29 heavy (non-hydrogen) atoms. The van der Waals surface area contributed by atoms with E-state index < -0.39 is 26.8 Å². The minimum Gasteiger partial charge on any atom is -0.350 e. The van der Waals surface area contributed by atoms with Crippen LogP contribution in [0.25, 0.3) is 0 Å². The summed E-state index contributed by atoms with van der Waals surface area (Å²) in [5.41, 5.74) is 0. The van der Waals surface area contributed by atoms with E-state index in [9.17, 15) is 17.6 Å². The fraction of sp³-hybridized carbons (Fsp3) is 0.632. The zero-order valence-electron chi connectivity index (χ0n) is 16.4. The van der Waals surface area contributed by atoms with Crippen molar-refractivity contribution in [1.82, 2.24) is 9.62 Å². The number of sulfonamides is 1. The molecule has 0 spiro atoms. The SMILES string of the molecule is CSCCC(NS(=O)(=O)c1ccccc1F)C(=O)N1CCC(C2OCCO2)CC1. The van der Waals surface area contributed by atoms with E-state index in [0.717, 1.165) is 18.9 Å². The highest BCUT2D eigenvalue weighted by Gasteiger charge is 2.35. The van der Waals surface area contributed by atoms with Crippen LogP contribution < -0.4 is 4.72 Å². The van der Waals surface area contributed by atoms with E-state index in [4.69, 9.17) is 9.47 Å². The first kappa shape index (κ1) is 22.5. The minimum absolute atomic E-state index is 0.209. The molecule has 162 valence electrons. The van der Waals surface area contributed by atoms with Gasteiger partial charge in [0.1, 0.15) is 16.8 Å². The predicted octanol–water partition coefficient (Wildman–Crippen LogP) is 1.84. The summed E-state index contributed by atoms with van der Waals surface area (Å²) in [5, 5.41) is 0. The van der Waals surface area contributed by atoms with Gasteiger partial charge in [-0.2, -0.15) is 16.5 Å². The van der Waals surface area contributed by atoms with Crippen LogP contribution >= 0.6 is 11.8 Å². The zero-order valence-corrected chi connectivity index (χ0v) is 18.0. The van der Waals surface area contributed by atoms with E-state index in [2.05, 4.69) is 4.72 Å². The topological polar surface area (TPSA) is 84.9 Å². The summed E-state index contributed by atoms with van der Waals surface area (Å²) in [6.45, 7) is 2.23. The van der Waals surface area contributed by atoms with Crippen LogP contribution in [0.2, 0.25) is 0 Å². The largest absolute Gasteiger partial charge is 0.350 e. The Bertz CT molecular complexity index is 794. The molecule has 1 N–H and O–H groups in total. The molecule has 2 fully saturated rings. The molecule has 1 unspecified atom stereocenters. The van der Waals surface area contributed by atoms with Gasteiger partial charge in [-0.1, -0.05) is 12.1 Å². The van der Waals surface area contributed by atoms with Crippen LogP contribution in [0, 0.1) is 11.7 Å². The highest BCUT2D eigenvalue weighted by Crippen LogP contribution is 2.26. The highest BCUT2D eigenvalue weighted by atomic mass is 32.2. The van der Waals surface area contributed by atoms with E-state index in [1.165, 1.54) is 30.0 Å². The third kappa shape index (κ3) is 5.69. The molecule has 2 aliphatic heterocycles. The molecule has 1 atom stereocenters. The molecular weight excluding hydrogens is 419 g/mol. The standard InChI is InChI=1S/C19H27FN2O5S2/c1-28-13-8-16(21-29(24,25)17-5-3-2-4-15(17)20)18(23)22-9-6-14(7-10-22)19-26-11-12-27-19/h2-5,14,16,19,21H,6-13H2,1H3. The second-order valence-corrected chi connectivity index (χ2v) is 9.83. The lowest BCUT2D eigenvalue weighted by atomic mass is 9.95. The number of hydrogen-bond donors (Lipinski definition) is 1. The van der Waals surface area contributed by atoms with E-state index in [1.54, 1.807) is 4.90 Å². The van der Waals surface area contributed by atoms with Crippen molar-refractivity contribution in [3.05, 3.63) is 30.1 Å². The van der Waals surface area contributed by atoms with Crippen molar-refractivity contribution < 1.29 is 27.1 Å². The van der Waals surface area contributed by atoms with Crippen LogP contribution in [-0.4, -0.2) is 69.9 Å². The van der Waals surface area contributed by atoms with E-state index in [0.29, 0.717) is 38.5 Å². The van der Waals surface area contributed by atoms with Gasteiger partial charge in [0.25, 0.3) is 0 Å². The zero-order chi connectivity index (χ0) is 20.9. The number of nitrogens with one attached hydrogen (secondary N) is 1. The van der Waals surface area contributed by atoms with E-state index >= 15 is 0 Å². The highest BCUT2D eigenvalue weighted by molar-refractivity contribution is 7.98. The monoisotopic (exact) mass is 446 g/mol. The number of likely N-dealkylation sites (tertiary alicyclic amines) is 1. The Labute approximate surface area is 175 Å². The molecule has 7 nitrogen and oxygen atoms in total. The number of thioether (sulfide) groups is 1. The van der Waals surface area contributed by atoms with Crippen LogP contribution in [0.5, 0.6) is 0 Å². The molecule has 2 aliphatic rings. The van der Waals surface area contributed by atoms with Crippen molar-refractivity contribution in [1.29, 1.82) is 0 Å². The number of ether oxygens (including phenoxy) is 2. The lowest BCUT2D eigenvalue weighted by Crippen LogP contribution is -2.51. The van der Waals surface area contributed by atoms with E-state index in [1.807, 2.05) is 6.26 Å². The predicted molar refractivity (Wildman–Crippen MR) is 109 cm³/mol. The molecule has 0 aromatic heterocycles. The number of rotatable bonds is 8. The maximum absolute atomic E-state index is 14.0. The van der Waals surface area contributed by atoms with Gasteiger partial charge in [0.05, 0.1) is 13.2 Å². The van der Waals surface area contributed by atoms with Crippen molar-refractivity contribution in [2.24, 2.45) is 5.92 Å². The van der Waals surface area contributed by atoms with Gasteiger partial charge >= 0.3 is 0 Å². The van der Waals surface area contributed by atoms with Gasteiger partial charge in [0.2, 0.25) is 15.9 Å². The van der Waals surface area contributed by atoms with Crippen molar-refractivity contribution >= 4 is 27.7 Å². The van der Waals surface area contributed by atoms with Crippen LogP contribution in [0.3, 0.4) is 0 Å². The maximum Gasteiger partial charge on any atom is 0.244 e. The van der Waals surface area contributed by atoms with Crippen LogP contribution in [-0.2, 0) is 24.3 Å². The molecule has 0 aliphatic carbocycles. The summed E-state index contributed by atoms with van der Waals surface area (Å²) in [6, 6.07) is 4.23. The van der Waals surface area contributed by atoms with E-state index in [-0.39, 0.29) is 18.1 Å². The molecule has 1 aromatic rings. The second-order valence-electron chi connectivity index (χ2n) is 7.16. The molecule has 1 aromatic carbocycles. The molecule has 2 saturated heterocycles. The Morgan fingerprint density at radius 1 is 1.28 bits per heavy atom. The average Bonchev–Trinajstić information content (AvgIpc) is 3.26. The number of piperidine rings is 1. The number of amides is 1. The molecule has 10 heteroatoms. The molecule has 0 bridgehead atoms. The number of hydrogen-bond acceptors (Lipinski definition) is 6. The quantitative estimate of drug-likeness (QED) is 0.656. The Morgan fingerprint density at radius 3 is 2.55 bits per heavy atom. The van der Waals surface area contributed by atoms with Gasteiger partial charge in [-0.25, -0.2) is 12.8 Å². The summed E-state index contributed by atoms with van der Waals surface area (Å²) in [5.74, 6) is -0.267. The first-order valence-electron chi connectivity index (χ1n) is 9.70. The maximum atomic E-state index is 14.0. The van der Waals surface area contributed by atoms with Crippen LogP contribution in [0.4, 0.5) is 4.39 Å². The Kier molecular flexibility index (Phi) is 7.92. The number of nitrogens with zero attached hydrogens (tertiary/aromatic N) is 1. The number of carbonyl (C=O) groups excluding carboxylic acids is 1. The molecule has 0 saturated carbocycles. The molecular formula is C19H27FN2O5S2. The minimum atomic E-state index is -4.15. The molecule has 1 amide bonds. The summed E-state index contributed by atoms with van der Waals surface area (Å²) in [7, 11) is -4.15. The first-order chi connectivity index (χ1) is 13.9. The van der Waals surface area contributed by atoms with Crippen molar-refractivity contribution in [2.45, 2.75) is 36.5 Å². The lowest BCUT2D eigenvalue weighted by Gasteiger charge is -2.35. The van der Waals surface area contributed by atoms with Gasteiger partial charge in [0, 0.05) is 19.0 Å². The first-order valence-corrected chi connectivity index (χ1v) is 12.6. The normalized spacial score (nSPS) is 20.1. The van der Waals surface area contributed by atoms with Crippen molar-refractivity contribution in [3.63, 3.8) is 0 Å².